The first-order valence-electron chi connectivity index (χ1n) is 7.78. The average molecular weight is 359 g/mol. The highest BCUT2D eigenvalue weighted by Crippen LogP contribution is 2.49. The average Bonchev–Trinajstić information content (AvgIpc) is 2.52. The number of halogens is 1. The van der Waals surface area contributed by atoms with Crippen LogP contribution in [0.2, 0.25) is 0 Å². The predicted octanol–water partition coefficient (Wildman–Crippen LogP) is 2.85. The van der Waals surface area contributed by atoms with Gasteiger partial charge in [0.05, 0.1) is 6.10 Å². The highest BCUT2D eigenvalue weighted by molar-refractivity contribution is 7.99. The number of ether oxygens (including phenoxy) is 1. The number of benzene rings is 1. The largest absolute Gasteiger partial charge is 0.378 e. The number of amides is 1. The van der Waals surface area contributed by atoms with Crippen LogP contribution in [-0.4, -0.2) is 36.5 Å². The van der Waals surface area contributed by atoms with Gasteiger partial charge in [-0.25, -0.2) is 0 Å². The Hall–Kier alpha value is -0.750. The van der Waals surface area contributed by atoms with E-state index in [1.807, 2.05) is 39.0 Å². The maximum Gasteiger partial charge on any atom is 0.240 e. The second kappa shape index (κ2) is 8.38. The zero-order chi connectivity index (χ0) is 16.2. The Morgan fingerprint density at radius 1 is 1.39 bits per heavy atom. The quantitative estimate of drug-likeness (QED) is 0.581. The molecule has 1 aliphatic rings. The zero-order valence-electron chi connectivity index (χ0n) is 14.0. The Kier molecular flexibility index (Phi) is 7.39. The molecule has 0 aliphatic heterocycles. The van der Waals surface area contributed by atoms with E-state index in [1.165, 1.54) is 4.90 Å². The van der Waals surface area contributed by atoms with Crippen LogP contribution in [0.4, 0.5) is 0 Å². The first-order valence-corrected chi connectivity index (χ1v) is 8.77. The molecular formula is C17H27ClN2O2S. The van der Waals surface area contributed by atoms with Crippen molar-refractivity contribution in [3.8, 4) is 0 Å². The standard InChI is InChI=1S/C17H26N2O2S.ClH/c1-4-21-14-12-17(18,16(14,2)3)15(20)19-10-11-22-13-8-6-5-7-9-13;/h5-9,14H,4,10-12,18H2,1-3H3,(H,19,20);1H. The molecule has 3 N–H and O–H groups in total. The van der Waals surface area contributed by atoms with Crippen LogP contribution >= 0.6 is 24.2 Å². The molecule has 1 aromatic rings. The maximum atomic E-state index is 12.4. The molecule has 0 saturated heterocycles. The van der Waals surface area contributed by atoms with Gasteiger partial charge in [0.1, 0.15) is 5.54 Å². The van der Waals surface area contributed by atoms with Gasteiger partial charge in [-0.1, -0.05) is 32.0 Å². The monoisotopic (exact) mass is 358 g/mol. The fraction of sp³-hybridized carbons (Fsp3) is 0.588. The number of nitrogens with two attached hydrogens (primary N) is 1. The summed E-state index contributed by atoms with van der Waals surface area (Å²) in [5.74, 6) is 0.767. The summed E-state index contributed by atoms with van der Waals surface area (Å²) in [6.07, 6.45) is 0.651. The van der Waals surface area contributed by atoms with Gasteiger partial charge < -0.3 is 15.8 Å². The van der Waals surface area contributed by atoms with Crippen LogP contribution in [0.25, 0.3) is 0 Å². The molecule has 0 radical (unpaired) electrons. The molecular weight excluding hydrogens is 332 g/mol. The summed E-state index contributed by atoms with van der Waals surface area (Å²) < 4.78 is 5.66. The molecule has 1 aromatic carbocycles. The summed E-state index contributed by atoms with van der Waals surface area (Å²) in [5, 5.41) is 2.97. The number of carbonyl (C=O) groups is 1. The van der Waals surface area contributed by atoms with Crippen LogP contribution in [0, 0.1) is 5.41 Å². The summed E-state index contributed by atoms with van der Waals surface area (Å²) in [4.78, 5) is 13.6. The van der Waals surface area contributed by atoms with Gasteiger partial charge in [-0.3, -0.25) is 4.79 Å². The third-order valence-electron chi connectivity index (χ3n) is 4.63. The van der Waals surface area contributed by atoms with Crippen LogP contribution in [-0.2, 0) is 9.53 Å². The SMILES string of the molecule is CCOC1CC(N)(C(=O)NCCSc2ccccc2)C1(C)C.Cl. The summed E-state index contributed by atoms with van der Waals surface area (Å²) in [6, 6.07) is 10.2. The first-order chi connectivity index (χ1) is 10.4. The maximum absolute atomic E-state index is 12.4. The predicted molar refractivity (Wildman–Crippen MR) is 98.2 cm³/mol. The van der Waals surface area contributed by atoms with E-state index in [9.17, 15) is 4.79 Å². The van der Waals surface area contributed by atoms with Gasteiger partial charge in [-0.2, -0.15) is 0 Å². The van der Waals surface area contributed by atoms with Gasteiger partial charge in [0.25, 0.3) is 0 Å². The van der Waals surface area contributed by atoms with Crippen molar-refractivity contribution in [3.63, 3.8) is 0 Å². The summed E-state index contributed by atoms with van der Waals surface area (Å²) in [6.45, 7) is 7.25. The van der Waals surface area contributed by atoms with Gasteiger partial charge in [-0.15, -0.1) is 24.2 Å². The van der Waals surface area contributed by atoms with Gasteiger partial charge >= 0.3 is 0 Å². The third-order valence-corrected chi connectivity index (χ3v) is 5.65. The minimum Gasteiger partial charge on any atom is -0.378 e. The van der Waals surface area contributed by atoms with Crippen molar-refractivity contribution in [2.75, 3.05) is 18.9 Å². The Labute approximate surface area is 149 Å². The van der Waals surface area contributed by atoms with E-state index in [-0.39, 0.29) is 29.8 Å². The molecule has 0 aromatic heterocycles. The van der Waals surface area contributed by atoms with Crippen LogP contribution in [0.1, 0.15) is 27.2 Å². The van der Waals surface area contributed by atoms with E-state index in [0.717, 1.165) is 5.75 Å². The number of nitrogens with one attached hydrogen (secondary N) is 1. The highest BCUT2D eigenvalue weighted by Gasteiger charge is 2.62. The third kappa shape index (κ3) is 4.21. The van der Waals surface area contributed by atoms with E-state index in [4.69, 9.17) is 10.5 Å². The molecule has 1 fully saturated rings. The van der Waals surface area contributed by atoms with Gasteiger partial charge in [0.2, 0.25) is 5.91 Å². The van der Waals surface area contributed by atoms with Crippen molar-refractivity contribution in [2.45, 2.75) is 43.7 Å². The lowest BCUT2D eigenvalue weighted by molar-refractivity contribution is -0.170. The fourth-order valence-electron chi connectivity index (χ4n) is 2.83. The molecule has 0 spiro atoms. The topological polar surface area (TPSA) is 64.3 Å². The molecule has 130 valence electrons. The minimum atomic E-state index is -0.829. The van der Waals surface area contributed by atoms with E-state index in [1.54, 1.807) is 11.8 Å². The molecule has 1 amide bonds. The summed E-state index contributed by atoms with van der Waals surface area (Å²) in [7, 11) is 0. The molecule has 0 bridgehead atoms. The molecule has 1 aliphatic carbocycles. The minimum absolute atomic E-state index is 0. The second-order valence-corrected chi connectivity index (χ2v) is 7.43. The van der Waals surface area contributed by atoms with Crippen molar-refractivity contribution in [2.24, 2.45) is 11.1 Å². The number of hydrogen-bond donors (Lipinski definition) is 2. The number of hydrogen-bond acceptors (Lipinski definition) is 4. The number of carbonyl (C=O) groups excluding carboxylic acids is 1. The number of rotatable bonds is 7. The van der Waals surface area contributed by atoms with E-state index >= 15 is 0 Å². The van der Waals surface area contributed by atoms with Crippen molar-refractivity contribution < 1.29 is 9.53 Å². The molecule has 6 heteroatoms. The first kappa shape index (κ1) is 20.3. The highest BCUT2D eigenvalue weighted by atomic mass is 35.5. The Balaban J connectivity index is 0.00000264. The van der Waals surface area contributed by atoms with Gasteiger partial charge in [0.15, 0.2) is 0 Å². The Morgan fingerprint density at radius 2 is 2.04 bits per heavy atom. The Morgan fingerprint density at radius 3 is 2.61 bits per heavy atom. The molecule has 2 unspecified atom stereocenters. The van der Waals surface area contributed by atoms with E-state index < -0.39 is 5.54 Å². The molecule has 2 rings (SSSR count). The van der Waals surface area contributed by atoms with E-state index in [0.29, 0.717) is 19.6 Å². The summed E-state index contributed by atoms with van der Waals surface area (Å²) in [5.41, 5.74) is 5.18. The van der Waals surface area contributed by atoms with Crippen LogP contribution in [0.15, 0.2) is 35.2 Å². The van der Waals surface area contributed by atoms with E-state index in [2.05, 4.69) is 17.4 Å². The van der Waals surface area contributed by atoms with Crippen LogP contribution in [0.5, 0.6) is 0 Å². The van der Waals surface area contributed by atoms with Crippen molar-refractivity contribution >= 4 is 30.1 Å². The molecule has 4 nitrogen and oxygen atoms in total. The normalized spacial score (nSPS) is 25.1. The lowest BCUT2D eigenvalue weighted by Gasteiger charge is -2.57. The lowest BCUT2D eigenvalue weighted by atomic mass is 9.54. The second-order valence-electron chi connectivity index (χ2n) is 6.26. The lowest BCUT2D eigenvalue weighted by Crippen LogP contribution is -2.75. The van der Waals surface area contributed by atoms with Crippen molar-refractivity contribution in [1.29, 1.82) is 0 Å². The van der Waals surface area contributed by atoms with Crippen LogP contribution in [0.3, 0.4) is 0 Å². The van der Waals surface area contributed by atoms with Crippen LogP contribution < -0.4 is 11.1 Å². The summed E-state index contributed by atoms with van der Waals surface area (Å²) >= 11 is 1.73. The molecule has 23 heavy (non-hydrogen) atoms. The van der Waals surface area contributed by atoms with Crippen molar-refractivity contribution in [3.05, 3.63) is 30.3 Å². The molecule has 1 saturated carbocycles. The Bertz CT molecular complexity index is 513. The van der Waals surface area contributed by atoms with Gasteiger partial charge in [0, 0.05) is 35.6 Å². The number of thioether (sulfide) groups is 1. The zero-order valence-corrected chi connectivity index (χ0v) is 15.6. The smallest absolute Gasteiger partial charge is 0.240 e. The molecule has 2 atom stereocenters. The van der Waals surface area contributed by atoms with Gasteiger partial charge in [-0.05, 0) is 19.1 Å². The van der Waals surface area contributed by atoms with Crippen molar-refractivity contribution in [1.82, 2.24) is 5.32 Å². The molecule has 0 heterocycles. The fourth-order valence-corrected chi connectivity index (χ4v) is 3.62.